The van der Waals surface area contributed by atoms with Gasteiger partial charge in [0.1, 0.15) is 0 Å². The monoisotopic (exact) mass is 359 g/mol. The third-order valence-corrected chi connectivity index (χ3v) is 4.28. The number of halogens is 2. The summed E-state index contributed by atoms with van der Waals surface area (Å²) < 4.78 is 1.82. The molecule has 1 aliphatic carbocycles. The Hall–Kier alpha value is -0.350. The van der Waals surface area contributed by atoms with Crippen LogP contribution >= 0.6 is 31.9 Å². The summed E-state index contributed by atoms with van der Waals surface area (Å²) in [5.74, 6) is 0.000116. The maximum atomic E-state index is 12.0. The summed E-state index contributed by atoms with van der Waals surface area (Å²) in [6.07, 6.45) is 3.72. The van der Waals surface area contributed by atoms with Crippen molar-refractivity contribution < 1.29 is 4.79 Å². The van der Waals surface area contributed by atoms with Crippen molar-refractivity contribution in [2.45, 2.75) is 26.2 Å². The standard InChI is InChI=1S/C13H15Br2NO/c1-13(3-2-4-13)8-16-12(17)9-5-10(14)7-11(15)6-9/h5-7H,2-4,8H2,1H3,(H,16,17). The molecule has 0 radical (unpaired) electrons. The Labute approximate surface area is 118 Å². The Bertz CT molecular complexity index is 421. The highest BCUT2D eigenvalue weighted by atomic mass is 79.9. The largest absolute Gasteiger partial charge is 0.351 e. The van der Waals surface area contributed by atoms with E-state index in [1.165, 1.54) is 19.3 Å². The number of rotatable bonds is 3. The van der Waals surface area contributed by atoms with Gasteiger partial charge in [0, 0.05) is 21.1 Å². The van der Waals surface area contributed by atoms with Crippen LogP contribution in [0.4, 0.5) is 0 Å². The minimum absolute atomic E-state index is 0.000116. The number of carbonyl (C=O) groups is 1. The minimum atomic E-state index is 0.000116. The van der Waals surface area contributed by atoms with Crippen LogP contribution in [-0.4, -0.2) is 12.5 Å². The lowest BCUT2D eigenvalue weighted by Crippen LogP contribution is -2.39. The van der Waals surface area contributed by atoms with Gasteiger partial charge in [-0.1, -0.05) is 45.2 Å². The van der Waals surface area contributed by atoms with Gasteiger partial charge in [0.15, 0.2) is 0 Å². The molecule has 0 saturated heterocycles. The summed E-state index contributed by atoms with van der Waals surface area (Å²) >= 11 is 6.77. The average molecular weight is 361 g/mol. The Balaban J connectivity index is 1.99. The van der Waals surface area contributed by atoms with Gasteiger partial charge < -0.3 is 5.32 Å². The van der Waals surface area contributed by atoms with Crippen molar-refractivity contribution in [2.75, 3.05) is 6.54 Å². The zero-order chi connectivity index (χ0) is 12.5. The molecule has 2 nitrogen and oxygen atoms in total. The Morgan fingerprint density at radius 1 is 1.29 bits per heavy atom. The predicted molar refractivity (Wildman–Crippen MR) is 76.1 cm³/mol. The van der Waals surface area contributed by atoms with E-state index in [4.69, 9.17) is 0 Å². The molecule has 0 spiro atoms. The number of amides is 1. The highest BCUT2D eigenvalue weighted by molar-refractivity contribution is 9.11. The molecule has 0 atom stereocenters. The maximum Gasteiger partial charge on any atom is 0.251 e. The van der Waals surface area contributed by atoms with E-state index in [-0.39, 0.29) is 5.91 Å². The molecule has 92 valence electrons. The third kappa shape index (κ3) is 3.32. The highest BCUT2D eigenvalue weighted by Gasteiger charge is 2.31. The zero-order valence-electron chi connectivity index (χ0n) is 9.72. The lowest BCUT2D eigenvalue weighted by Gasteiger charge is -2.38. The van der Waals surface area contributed by atoms with Gasteiger partial charge in [0.2, 0.25) is 0 Å². The van der Waals surface area contributed by atoms with Crippen LogP contribution in [0.5, 0.6) is 0 Å². The summed E-state index contributed by atoms with van der Waals surface area (Å²) in [7, 11) is 0. The fourth-order valence-electron chi connectivity index (χ4n) is 2.04. The van der Waals surface area contributed by atoms with Gasteiger partial charge in [-0.2, -0.15) is 0 Å². The SMILES string of the molecule is CC1(CNC(=O)c2cc(Br)cc(Br)c2)CCC1. The quantitative estimate of drug-likeness (QED) is 0.862. The number of carbonyl (C=O) groups excluding carboxylic acids is 1. The van der Waals surface area contributed by atoms with E-state index in [1.807, 2.05) is 18.2 Å². The van der Waals surface area contributed by atoms with E-state index in [0.717, 1.165) is 15.5 Å². The van der Waals surface area contributed by atoms with Gasteiger partial charge in [0.25, 0.3) is 5.91 Å². The van der Waals surface area contributed by atoms with Crippen molar-refractivity contribution in [1.82, 2.24) is 5.32 Å². The van der Waals surface area contributed by atoms with Crippen LogP contribution in [-0.2, 0) is 0 Å². The molecule has 0 aliphatic heterocycles. The summed E-state index contributed by atoms with van der Waals surface area (Å²) in [4.78, 5) is 12.0. The van der Waals surface area contributed by atoms with Gasteiger partial charge >= 0.3 is 0 Å². The van der Waals surface area contributed by atoms with Gasteiger partial charge in [-0.3, -0.25) is 4.79 Å². The molecular formula is C13H15Br2NO. The highest BCUT2D eigenvalue weighted by Crippen LogP contribution is 2.39. The predicted octanol–water partition coefficient (Wildman–Crippen LogP) is 4.13. The van der Waals surface area contributed by atoms with Gasteiger partial charge in [-0.15, -0.1) is 0 Å². The number of hydrogen-bond acceptors (Lipinski definition) is 1. The van der Waals surface area contributed by atoms with Crippen molar-refractivity contribution in [3.05, 3.63) is 32.7 Å². The molecule has 4 heteroatoms. The lowest BCUT2D eigenvalue weighted by molar-refractivity contribution is 0.0890. The topological polar surface area (TPSA) is 29.1 Å². The van der Waals surface area contributed by atoms with Gasteiger partial charge in [-0.05, 0) is 36.5 Å². The second-order valence-electron chi connectivity index (χ2n) is 5.01. The Morgan fingerprint density at radius 2 is 1.88 bits per heavy atom. The molecule has 1 aliphatic rings. The van der Waals surface area contributed by atoms with Crippen molar-refractivity contribution in [3.8, 4) is 0 Å². The van der Waals surface area contributed by atoms with Crippen LogP contribution in [0, 0.1) is 5.41 Å². The van der Waals surface area contributed by atoms with Crippen molar-refractivity contribution in [2.24, 2.45) is 5.41 Å². The molecular weight excluding hydrogens is 346 g/mol. The molecule has 1 N–H and O–H groups in total. The molecule has 0 aromatic heterocycles. The normalized spacial score (nSPS) is 17.4. The Kier molecular flexibility index (Phi) is 3.93. The van der Waals surface area contributed by atoms with Crippen molar-refractivity contribution >= 4 is 37.8 Å². The third-order valence-electron chi connectivity index (χ3n) is 3.36. The van der Waals surface area contributed by atoms with E-state index in [1.54, 1.807) is 0 Å². The molecule has 0 heterocycles. The zero-order valence-corrected chi connectivity index (χ0v) is 12.9. The molecule has 1 aromatic rings. The first kappa shape index (κ1) is 13.1. The summed E-state index contributed by atoms with van der Waals surface area (Å²) in [6.45, 7) is 3.00. The van der Waals surface area contributed by atoms with Crippen LogP contribution in [0.1, 0.15) is 36.5 Å². The first-order valence-corrected chi connectivity index (χ1v) is 7.31. The molecule has 1 fully saturated rings. The van der Waals surface area contributed by atoms with Crippen LogP contribution in [0.2, 0.25) is 0 Å². The maximum absolute atomic E-state index is 12.0. The number of hydrogen-bond donors (Lipinski definition) is 1. The second-order valence-corrected chi connectivity index (χ2v) is 6.84. The van der Waals surface area contributed by atoms with E-state index < -0.39 is 0 Å². The number of nitrogens with one attached hydrogen (secondary N) is 1. The van der Waals surface area contributed by atoms with E-state index >= 15 is 0 Å². The fraction of sp³-hybridized carbons (Fsp3) is 0.462. The molecule has 2 rings (SSSR count). The van der Waals surface area contributed by atoms with Crippen LogP contribution in [0.3, 0.4) is 0 Å². The molecule has 0 unspecified atom stereocenters. The second kappa shape index (κ2) is 5.11. The first-order valence-electron chi connectivity index (χ1n) is 5.73. The van der Waals surface area contributed by atoms with Gasteiger partial charge in [-0.25, -0.2) is 0 Å². The van der Waals surface area contributed by atoms with Gasteiger partial charge in [0.05, 0.1) is 0 Å². The van der Waals surface area contributed by atoms with Crippen molar-refractivity contribution in [1.29, 1.82) is 0 Å². The fourth-order valence-corrected chi connectivity index (χ4v) is 3.33. The molecule has 17 heavy (non-hydrogen) atoms. The minimum Gasteiger partial charge on any atom is -0.351 e. The molecule has 0 bridgehead atoms. The molecule has 1 amide bonds. The average Bonchev–Trinajstić information content (AvgIpc) is 2.22. The Morgan fingerprint density at radius 3 is 2.35 bits per heavy atom. The number of benzene rings is 1. The summed E-state index contributed by atoms with van der Waals surface area (Å²) in [5.41, 5.74) is 1.01. The first-order chi connectivity index (χ1) is 7.98. The van der Waals surface area contributed by atoms with E-state index in [2.05, 4.69) is 44.1 Å². The van der Waals surface area contributed by atoms with Crippen LogP contribution in [0.25, 0.3) is 0 Å². The smallest absolute Gasteiger partial charge is 0.251 e. The molecule has 1 saturated carbocycles. The molecule has 1 aromatic carbocycles. The van der Waals surface area contributed by atoms with Crippen molar-refractivity contribution in [3.63, 3.8) is 0 Å². The summed E-state index contributed by atoms with van der Waals surface area (Å²) in [5, 5.41) is 3.02. The van der Waals surface area contributed by atoms with Crippen LogP contribution < -0.4 is 5.32 Å². The van der Waals surface area contributed by atoms with E-state index in [0.29, 0.717) is 11.0 Å². The van der Waals surface area contributed by atoms with E-state index in [9.17, 15) is 4.79 Å². The lowest BCUT2D eigenvalue weighted by atomic mass is 9.70. The van der Waals surface area contributed by atoms with Crippen LogP contribution in [0.15, 0.2) is 27.1 Å². The summed E-state index contributed by atoms with van der Waals surface area (Å²) in [6, 6.07) is 5.59.